The van der Waals surface area contributed by atoms with E-state index in [2.05, 4.69) is 10.4 Å². The zero-order valence-corrected chi connectivity index (χ0v) is 12.5. The van der Waals surface area contributed by atoms with Gasteiger partial charge in [-0.1, -0.05) is 18.5 Å². The average Bonchev–Trinajstić information content (AvgIpc) is 2.76. The molecule has 0 amide bonds. The summed E-state index contributed by atoms with van der Waals surface area (Å²) in [7, 11) is 0. The molecule has 0 spiro atoms. The second kappa shape index (κ2) is 6.71. The molecule has 1 aromatic heterocycles. The molecular weight excluding hydrogens is 265 g/mol. The lowest BCUT2D eigenvalue weighted by Gasteiger charge is -2.25. The first-order valence-corrected chi connectivity index (χ1v) is 7.64. The average molecular weight is 288 g/mol. The van der Waals surface area contributed by atoms with Crippen LogP contribution in [-0.2, 0) is 19.4 Å². The molecule has 1 unspecified atom stereocenters. The largest absolute Gasteiger partial charge is 0.317 e. The van der Waals surface area contributed by atoms with E-state index >= 15 is 0 Å². The third-order valence-electron chi connectivity index (χ3n) is 3.98. The van der Waals surface area contributed by atoms with E-state index in [1.54, 1.807) is 0 Å². The summed E-state index contributed by atoms with van der Waals surface area (Å²) in [6.45, 7) is 6.63. The number of hydrogen-bond acceptors (Lipinski definition) is 2. The molecule has 0 aromatic carbocycles. The molecular formula is C14H23ClFN3. The molecule has 19 heavy (non-hydrogen) atoms. The highest BCUT2D eigenvalue weighted by molar-refractivity contribution is 6.31. The first-order chi connectivity index (χ1) is 9.17. The van der Waals surface area contributed by atoms with Gasteiger partial charge in [0.15, 0.2) is 0 Å². The van der Waals surface area contributed by atoms with Gasteiger partial charge < -0.3 is 5.32 Å². The first-order valence-electron chi connectivity index (χ1n) is 7.26. The Kier molecular flexibility index (Phi) is 5.22. The van der Waals surface area contributed by atoms with Crippen LogP contribution in [0.1, 0.15) is 38.1 Å². The van der Waals surface area contributed by atoms with Crippen LogP contribution in [0.5, 0.6) is 0 Å². The Balaban J connectivity index is 2.10. The summed E-state index contributed by atoms with van der Waals surface area (Å²) in [4.78, 5) is 0. The van der Waals surface area contributed by atoms with Gasteiger partial charge in [0, 0.05) is 13.0 Å². The van der Waals surface area contributed by atoms with Crippen molar-refractivity contribution in [3.63, 3.8) is 0 Å². The molecule has 3 nitrogen and oxygen atoms in total. The SMILES string of the molecule is CCc1nn(CC)c(CC(F)C2CCNCC2)c1Cl. The molecule has 2 rings (SSSR count). The van der Waals surface area contributed by atoms with Crippen LogP contribution in [0.2, 0.25) is 5.02 Å². The van der Waals surface area contributed by atoms with Gasteiger partial charge in [-0.2, -0.15) is 5.10 Å². The second-order valence-corrected chi connectivity index (χ2v) is 5.56. The third-order valence-corrected chi connectivity index (χ3v) is 4.41. The van der Waals surface area contributed by atoms with Gasteiger partial charge in [0.2, 0.25) is 0 Å². The van der Waals surface area contributed by atoms with Crippen LogP contribution >= 0.6 is 11.6 Å². The maximum Gasteiger partial charge on any atom is 0.109 e. The van der Waals surface area contributed by atoms with Crippen LogP contribution < -0.4 is 5.32 Å². The number of halogens is 2. The third kappa shape index (κ3) is 3.29. The van der Waals surface area contributed by atoms with Crippen LogP contribution in [0.15, 0.2) is 0 Å². The summed E-state index contributed by atoms with van der Waals surface area (Å²) in [5, 5.41) is 8.39. The molecule has 2 heterocycles. The van der Waals surface area contributed by atoms with Crippen molar-refractivity contribution in [2.45, 2.75) is 52.2 Å². The van der Waals surface area contributed by atoms with E-state index in [0.717, 1.165) is 50.3 Å². The normalized spacial score (nSPS) is 18.7. The van der Waals surface area contributed by atoms with E-state index in [1.807, 2.05) is 18.5 Å². The molecule has 1 saturated heterocycles. The summed E-state index contributed by atoms with van der Waals surface area (Å²) in [5.74, 6) is 0.155. The van der Waals surface area contributed by atoms with Crippen molar-refractivity contribution in [3.8, 4) is 0 Å². The molecule has 1 aliphatic heterocycles. The molecule has 1 aliphatic rings. The molecule has 1 fully saturated rings. The van der Waals surface area contributed by atoms with E-state index in [-0.39, 0.29) is 5.92 Å². The van der Waals surface area contributed by atoms with E-state index in [9.17, 15) is 4.39 Å². The topological polar surface area (TPSA) is 29.9 Å². The van der Waals surface area contributed by atoms with E-state index < -0.39 is 6.17 Å². The monoisotopic (exact) mass is 287 g/mol. The Labute approximate surface area is 119 Å². The van der Waals surface area contributed by atoms with E-state index in [4.69, 9.17) is 11.6 Å². The fraction of sp³-hybridized carbons (Fsp3) is 0.786. The van der Waals surface area contributed by atoms with Gasteiger partial charge in [0.1, 0.15) is 6.17 Å². The Morgan fingerprint density at radius 2 is 2.11 bits per heavy atom. The summed E-state index contributed by atoms with van der Waals surface area (Å²) in [6, 6.07) is 0. The predicted molar refractivity (Wildman–Crippen MR) is 76.5 cm³/mol. The number of alkyl halides is 1. The Hall–Kier alpha value is -0.610. The summed E-state index contributed by atoms with van der Waals surface area (Å²) < 4.78 is 16.3. The first kappa shape index (κ1) is 14.8. The van der Waals surface area contributed by atoms with Crippen molar-refractivity contribution in [1.82, 2.24) is 15.1 Å². The van der Waals surface area contributed by atoms with E-state index in [1.165, 1.54) is 0 Å². The van der Waals surface area contributed by atoms with Crippen LogP contribution in [0, 0.1) is 5.92 Å². The number of rotatable bonds is 5. The van der Waals surface area contributed by atoms with Crippen molar-refractivity contribution in [3.05, 3.63) is 16.4 Å². The maximum absolute atomic E-state index is 14.5. The lowest BCUT2D eigenvalue weighted by Crippen LogP contribution is -2.33. The fourth-order valence-electron chi connectivity index (χ4n) is 2.77. The van der Waals surface area contributed by atoms with Crippen molar-refractivity contribution >= 4 is 11.6 Å². The molecule has 5 heteroatoms. The van der Waals surface area contributed by atoms with Gasteiger partial charge in [-0.3, -0.25) is 4.68 Å². The lowest BCUT2D eigenvalue weighted by molar-refractivity contribution is 0.184. The highest BCUT2D eigenvalue weighted by Gasteiger charge is 2.26. The number of nitrogens with one attached hydrogen (secondary N) is 1. The molecule has 108 valence electrons. The summed E-state index contributed by atoms with van der Waals surface area (Å²) in [6.07, 6.45) is 2.21. The minimum absolute atomic E-state index is 0.155. The molecule has 1 aromatic rings. The number of hydrogen-bond donors (Lipinski definition) is 1. The standard InChI is InChI=1S/C14H23ClFN3/c1-3-12-14(15)13(19(4-2)18-12)9-11(16)10-5-7-17-8-6-10/h10-11,17H,3-9H2,1-2H3. The van der Waals surface area contributed by atoms with Gasteiger partial charge in [0.05, 0.1) is 16.4 Å². The number of nitrogens with zero attached hydrogens (tertiary/aromatic N) is 2. The van der Waals surface area contributed by atoms with Crippen LogP contribution in [-0.4, -0.2) is 29.0 Å². The van der Waals surface area contributed by atoms with Crippen molar-refractivity contribution in [1.29, 1.82) is 0 Å². The number of aromatic nitrogens is 2. The van der Waals surface area contributed by atoms with Crippen LogP contribution in [0.4, 0.5) is 4.39 Å². The van der Waals surface area contributed by atoms with Gasteiger partial charge >= 0.3 is 0 Å². The summed E-state index contributed by atoms with van der Waals surface area (Å²) in [5.41, 5.74) is 1.75. The predicted octanol–water partition coefficient (Wildman–Crippen LogP) is 3.00. The quantitative estimate of drug-likeness (QED) is 0.902. The molecule has 1 N–H and O–H groups in total. The van der Waals surface area contributed by atoms with Gasteiger partial charge in [-0.05, 0) is 45.2 Å². The Morgan fingerprint density at radius 1 is 1.42 bits per heavy atom. The molecule has 0 aliphatic carbocycles. The van der Waals surface area contributed by atoms with Crippen molar-refractivity contribution in [2.75, 3.05) is 13.1 Å². The minimum Gasteiger partial charge on any atom is -0.317 e. The maximum atomic E-state index is 14.5. The highest BCUT2D eigenvalue weighted by atomic mass is 35.5. The van der Waals surface area contributed by atoms with Gasteiger partial charge in [0.25, 0.3) is 0 Å². The Morgan fingerprint density at radius 3 is 2.68 bits per heavy atom. The smallest absolute Gasteiger partial charge is 0.109 e. The summed E-state index contributed by atoms with van der Waals surface area (Å²) >= 11 is 6.33. The van der Waals surface area contributed by atoms with Gasteiger partial charge in [-0.15, -0.1) is 0 Å². The van der Waals surface area contributed by atoms with Crippen molar-refractivity contribution < 1.29 is 4.39 Å². The van der Waals surface area contributed by atoms with E-state index in [0.29, 0.717) is 11.4 Å². The number of piperidine rings is 1. The molecule has 1 atom stereocenters. The second-order valence-electron chi connectivity index (χ2n) is 5.18. The zero-order valence-electron chi connectivity index (χ0n) is 11.8. The zero-order chi connectivity index (χ0) is 13.8. The van der Waals surface area contributed by atoms with Crippen LogP contribution in [0.3, 0.4) is 0 Å². The molecule has 0 radical (unpaired) electrons. The minimum atomic E-state index is -0.814. The van der Waals surface area contributed by atoms with Gasteiger partial charge in [-0.25, -0.2) is 4.39 Å². The van der Waals surface area contributed by atoms with Crippen LogP contribution in [0.25, 0.3) is 0 Å². The Bertz CT molecular complexity index is 413. The highest BCUT2D eigenvalue weighted by Crippen LogP contribution is 2.27. The molecule has 0 saturated carbocycles. The fourth-order valence-corrected chi connectivity index (χ4v) is 3.12. The van der Waals surface area contributed by atoms with Crippen molar-refractivity contribution in [2.24, 2.45) is 5.92 Å². The molecule has 0 bridgehead atoms. The lowest BCUT2D eigenvalue weighted by atomic mass is 9.90. The number of aryl methyl sites for hydroxylation is 2.